The number of ether oxygens (including phenoxy) is 1. The third-order valence-electron chi connectivity index (χ3n) is 3.77. The maximum Gasteiger partial charge on any atom is 0.257 e. The van der Waals surface area contributed by atoms with Crippen LogP contribution in [0.2, 0.25) is 0 Å². The monoisotopic (exact) mass is 319 g/mol. The van der Waals surface area contributed by atoms with E-state index >= 15 is 0 Å². The molecule has 1 N–H and O–H groups in total. The Morgan fingerprint density at radius 1 is 1.52 bits per heavy atom. The Bertz CT molecular complexity index is 716. The van der Waals surface area contributed by atoms with Crippen LogP contribution in [0.15, 0.2) is 30.6 Å². The van der Waals surface area contributed by atoms with E-state index < -0.39 is 5.82 Å². The van der Waals surface area contributed by atoms with Crippen molar-refractivity contribution in [2.45, 2.75) is 19.6 Å². The molecule has 1 saturated heterocycles. The van der Waals surface area contributed by atoms with Gasteiger partial charge in [-0.25, -0.2) is 4.39 Å². The van der Waals surface area contributed by atoms with Gasteiger partial charge in [0.15, 0.2) is 0 Å². The van der Waals surface area contributed by atoms with Gasteiger partial charge < -0.3 is 14.7 Å². The lowest BCUT2D eigenvalue weighted by Gasteiger charge is -2.33. The minimum atomic E-state index is -0.576. The lowest BCUT2D eigenvalue weighted by Crippen LogP contribution is -2.47. The van der Waals surface area contributed by atoms with E-state index in [1.54, 1.807) is 15.8 Å². The van der Waals surface area contributed by atoms with Gasteiger partial charge in [0.05, 0.1) is 31.0 Å². The van der Waals surface area contributed by atoms with Gasteiger partial charge in [-0.2, -0.15) is 5.10 Å². The Balaban J connectivity index is 1.69. The highest BCUT2D eigenvalue weighted by atomic mass is 19.1. The maximum absolute atomic E-state index is 13.0. The first-order valence-corrected chi connectivity index (χ1v) is 7.41. The van der Waals surface area contributed by atoms with Crippen molar-refractivity contribution in [2.24, 2.45) is 0 Å². The SMILES string of the molecule is Cc1cnn(C[C@H]2CN(C(=O)c3ccc(F)cc3O)CCO2)c1. The number of aryl methyl sites for hydroxylation is 1. The molecule has 2 aromatic rings. The second kappa shape index (κ2) is 6.37. The molecule has 122 valence electrons. The van der Waals surface area contributed by atoms with E-state index in [0.717, 1.165) is 17.7 Å². The number of hydrogen-bond donors (Lipinski definition) is 1. The van der Waals surface area contributed by atoms with Crippen LogP contribution < -0.4 is 0 Å². The lowest BCUT2D eigenvalue weighted by molar-refractivity contribution is -0.0300. The molecule has 0 radical (unpaired) electrons. The van der Waals surface area contributed by atoms with Crippen LogP contribution in [0.1, 0.15) is 15.9 Å². The van der Waals surface area contributed by atoms with Gasteiger partial charge in [0.2, 0.25) is 0 Å². The van der Waals surface area contributed by atoms with Gasteiger partial charge in [-0.05, 0) is 24.6 Å². The first-order valence-electron chi connectivity index (χ1n) is 7.41. The van der Waals surface area contributed by atoms with Crippen LogP contribution in [0.3, 0.4) is 0 Å². The minimum Gasteiger partial charge on any atom is -0.507 e. The normalized spacial score (nSPS) is 18.2. The van der Waals surface area contributed by atoms with E-state index in [-0.39, 0.29) is 23.3 Å². The number of halogens is 1. The molecule has 0 bridgehead atoms. The van der Waals surface area contributed by atoms with Crippen molar-refractivity contribution in [1.29, 1.82) is 0 Å². The smallest absolute Gasteiger partial charge is 0.257 e. The molecule has 1 fully saturated rings. The fraction of sp³-hybridized carbons (Fsp3) is 0.375. The topological polar surface area (TPSA) is 67.6 Å². The van der Waals surface area contributed by atoms with Gasteiger partial charge in [-0.15, -0.1) is 0 Å². The Morgan fingerprint density at radius 2 is 2.35 bits per heavy atom. The molecule has 1 aromatic carbocycles. The van der Waals surface area contributed by atoms with Crippen molar-refractivity contribution < 1.29 is 19.0 Å². The average molecular weight is 319 g/mol. The molecule has 1 amide bonds. The Hall–Kier alpha value is -2.41. The highest BCUT2D eigenvalue weighted by Crippen LogP contribution is 2.21. The average Bonchev–Trinajstić information content (AvgIpc) is 2.92. The molecule has 1 atom stereocenters. The molecule has 0 aliphatic carbocycles. The number of hydrogen-bond acceptors (Lipinski definition) is 4. The summed E-state index contributed by atoms with van der Waals surface area (Å²) in [5.74, 6) is -1.25. The molecular formula is C16H18FN3O3. The summed E-state index contributed by atoms with van der Waals surface area (Å²) in [6.45, 7) is 3.75. The van der Waals surface area contributed by atoms with Crippen molar-refractivity contribution in [2.75, 3.05) is 19.7 Å². The van der Waals surface area contributed by atoms with Crippen LogP contribution in [-0.2, 0) is 11.3 Å². The zero-order valence-corrected chi connectivity index (χ0v) is 12.8. The van der Waals surface area contributed by atoms with E-state index in [9.17, 15) is 14.3 Å². The number of aromatic nitrogens is 2. The summed E-state index contributed by atoms with van der Waals surface area (Å²) in [5, 5.41) is 14.0. The summed E-state index contributed by atoms with van der Waals surface area (Å²) in [6.07, 6.45) is 3.51. The van der Waals surface area contributed by atoms with E-state index in [2.05, 4.69) is 5.10 Å². The molecular weight excluding hydrogens is 301 g/mol. The standard InChI is InChI=1S/C16H18FN3O3/c1-11-7-18-20(8-11)10-13-9-19(4-5-23-13)16(22)14-3-2-12(17)6-15(14)21/h2-3,6-8,13,21H,4-5,9-10H2,1H3/t13-/m1/s1. The summed E-state index contributed by atoms with van der Waals surface area (Å²) < 4.78 is 20.5. The highest BCUT2D eigenvalue weighted by Gasteiger charge is 2.27. The summed E-state index contributed by atoms with van der Waals surface area (Å²) >= 11 is 0. The number of aromatic hydroxyl groups is 1. The number of amides is 1. The van der Waals surface area contributed by atoms with E-state index in [0.29, 0.717) is 26.2 Å². The molecule has 0 saturated carbocycles. The maximum atomic E-state index is 13.0. The number of carbonyl (C=O) groups is 1. The highest BCUT2D eigenvalue weighted by molar-refractivity contribution is 5.96. The van der Waals surface area contributed by atoms with Crippen molar-refractivity contribution >= 4 is 5.91 Å². The van der Waals surface area contributed by atoms with Crippen molar-refractivity contribution in [1.82, 2.24) is 14.7 Å². The number of rotatable bonds is 3. The third kappa shape index (κ3) is 3.50. The fourth-order valence-electron chi connectivity index (χ4n) is 2.65. The molecule has 6 nitrogen and oxygen atoms in total. The zero-order chi connectivity index (χ0) is 16.4. The van der Waals surface area contributed by atoms with Gasteiger partial charge >= 0.3 is 0 Å². The second-order valence-electron chi connectivity index (χ2n) is 5.65. The fourth-order valence-corrected chi connectivity index (χ4v) is 2.65. The second-order valence-corrected chi connectivity index (χ2v) is 5.65. The minimum absolute atomic E-state index is 0.0991. The zero-order valence-electron chi connectivity index (χ0n) is 12.8. The molecule has 1 aliphatic rings. The van der Waals surface area contributed by atoms with Crippen LogP contribution in [0.25, 0.3) is 0 Å². The molecule has 7 heteroatoms. The number of nitrogens with zero attached hydrogens (tertiary/aromatic N) is 3. The Morgan fingerprint density at radius 3 is 3.04 bits per heavy atom. The summed E-state index contributed by atoms with van der Waals surface area (Å²) in [5.41, 5.74) is 1.16. The third-order valence-corrected chi connectivity index (χ3v) is 3.77. The molecule has 2 heterocycles. The number of phenols is 1. The van der Waals surface area contributed by atoms with Crippen LogP contribution >= 0.6 is 0 Å². The van der Waals surface area contributed by atoms with Crippen LogP contribution in [0.4, 0.5) is 4.39 Å². The van der Waals surface area contributed by atoms with Crippen molar-refractivity contribution in [3.05, 3.63) is 47.5 Å². The van der Waals surface area contributed by atoms with Gasteiger partial charge in [-0.1, -0.05) is 0 Å². The molecule has 0 unspecified atom stereocenters. The van der Waals surface area contributed by atoms with Gasteiger partial charge in [0.1, 0.15) is 11.6 Å². The lowest BCUT2D eigenvalue weighted by atomic mass is 10.1. The first kappa shape index (κ1) is 15.5. The first-order chi connectivity index (χ1) is 11.0. The molecule has 1 aromatic heterocycles. The van der Waals surface area contributed by atoms with E-state index in [1.807, 2.05) is 13.1 Å². The van der Waals surface area contributed by atoms with Crippen molar-refractivity contribution in [3.8, 4) is 5.75 Å². The van der Waals surface area contributed by atoms with E-state index in [4.69, 9.17) is 4.74 Å². The quantitative estimate of drug-likeness (QED) is 0.933. The van der Waals surface area contributed by atoms with Crippen molar-refractivity contribution in [3.63, 3.8) is 0 Å². The molecule has 23 heavy (non-hydrogen) atoms. The molecule has 3 rings (SSSR count). The Labute approximate surface area is 133 Å². The number of morpholine rings is 1. The molecule has 1 aliphatic heterocycles. The number of benzene rings is 1. The summed E-state index contributed by atoms with van der Waals surface area (Å²) in [4.78, 5) is 14.1. The summed E-state index contributed by atoms with van der Waals surface area (Å²) in [6, 6.07) is 3.41. The van der Waals surface area contributed by atoms with E-state index in [1.165, 1.54) is 6.07 Å². The van der Waals surface area contributed by atoms with Gasteiger partial charge in [-0.3, -0.25) is 9.48 Å². The van der Waals surface area contributed by atoms with Gasteiger partial charge in [0.25, 0.3) is 5.91 Å². The largest absolute Gasteiger partial charge is 0.507 e. The van der Waals surface area contributed by atoms with Crippen LogP contribution in [0.5, 0.6) is 5.75 Å². The van der Waals surface area contributed by atoms with Crippen LogP contribution in [0, 0.1) is 12.7 Å². The van der Waals surface area contributed by atoms with Crippen LogP contribution in [-0.4, -0.2) is 51.5 Å². The van der Waals surface area contributed by atoms with Gasteiger partial charge in [0, 0.05) is 25.4 Å². The number of phenolic OH excluding ortho intramolecular Hbond substituents is 1. The number of carbonyl (C=O) groups excluding carboxylic acids is 1. The summed E-state index contributed by atoms with van der Waals surface area (Å²) in [7, 11) is 0. The Kier molecular flexibility index (Phi) is 4.29. The molecule has 0 spiro atoms. The predicted molar refractivity (Wildman–Crippen MR) is 80.7 cm³/mol. The predicted octanol–water partition coefficient (Wildman–Crippen LogP) is 1.58.